The SMILES string of the molecule is CCCCCCCCC/C=C/C(O)C(CO)NC(=O)C(O)CCCCCCCCC/C=C\CCCCCCCCCCCCCC. The molecule has 3 unspecified atom stereocenters. The second kappa shape index (κ2) is 36.7. The molecular formula is C41H79NO4. The number of rotatable bonds is 36. The zero-order valence-corrected chi connectivity index (χ0v) is 30.7. The number of aliphatic hydroxyl groups is 3. The van der Waals surface area contributed by atoms with Gasteiger partial charge in [-0.15, -0.1) is 0 Å². The minimum atomic E-state index is -1.10. The minimum Gasteiger partial charge on any atom is -0.394 e. The lowest BCUT2D eigenvalue weighted by Crippen LogP contribution is -2.48. The van der Waals surface area contributed by atoms with Crippen molar-refractivity contribution < 1.29 is 20.1 Å². The van der Waals surface area contributed by atoms with Crippen molar-refractivity contribution in [2.75, 3.05) is 6.61 Å². The Bertz CT molecular complexity index is 679. The number of allylic oxidation sites excluding steroid dienone is 3. The van der Waals surface area contributed by atoms with E-state index < -0.39 is 24.2 Å². The molecule has 3 atom stereocenters. The fourth-order valence-electron chi connectivity index (χ4n) is 6.06. The van der Waals surface area contributed by atoms with Gasteiger partial charge in [-0.3, -0.25) is 4.79 Å². The van der Waals surface area contributed by atoms with Crippen molar-refractivity contribution >= 4 is 5.91 Å². The Balaban J connectivity index is 3.62. The van der Waals surface area contributed by atoms with Crippen LogP contribution in [0.1, 0.15) is 206 Å². The smallest absolute Gasteiger partial charge is 0.249 e. The molecule has 0 aliphatic heterocycles. The Morgan fingerprint density at radius 1 is 0.522 bits per heavy atom. The highest BCUT2D eigenvalue weighted by atomic mass is 16.3. The Morgan fingerprint density at radius 3 is 1.26 bits per heavy atom. The second-order valence-corrected chi connectivity index (χ2v) is 13.8. The zero-order chi connectivity index (χ0) is 33.8. The third-order valence-electron chi connectivity index (χ3n) is 9.29. The highest BCUT2D eigenvalue weighted by molar-refractivity contribution is 5.80. The minimum absolute atomic E-state index is 0.364. The van der Waals surface area contributed by atoms with E-state index >= 15 is 0 Å². The van der Waals surface area contributed by atoms with Crippen molar-refractivity contribution in [2.45, 2.75) is 225 Å². The topological polar surface area (TPSA) is 89.8 Å². The van der Waals surface area contributed by atoms with Crippen molar-refractivity contribution in [2.24, 2.45) is 0 Å². The number of aliphatic hydroxyl groups excluding tert-OH is 3. The molecule has 5 heteroatoms. The fraction of sp³-hybridized carbons (Fsp3) is 0.878. The molecule has 0 saturated heterocycles. The van der Waals surface area contributed by atoms with E-state index in [2.05, 4.69) is 31.3 Å². The molecule has 0 spiro atoms. The van der Waals surface area contributed by atoms with E-state index in [0.717, 1.165) is 32.1 Å². The van der Waals surface area contributed by atoms with Crippen molar-refractivity contribution in [3.8, 4) is 0 Å². The van der Waals surface area contributed by atoms with E-state index in [1.165, 1.54) is 154 Å². The van der Waals surface area contributed by atoms with Gasteiger partial charge in [-0.05, 0) is 44.9 Å². The number of carbonyl (C=O) groups excluding carboxylic acids is 1. The molecular weight excluding hydrogens is 570 g/mol. The zero-order valence-electron chi connectivity index (χ0n) is 30.7. The lowest BCUT2D eigenvalue weighted by Gasteiger charge is -2.21. The molecule has 0 rings (SSSR count). The average Bonchev–Trinajstić information content (AvgIpc) is 3.06. The van der Waals surface area contributed by atoms with Gasteiger partial charge in [0.25, 0.3) is 0 Å². The average molecular weight is 650 g/mol. The van der Waals surface area contributed by atoms with Crippen molar-refractivity contribution in [1.82, 2.24) is 5.32 Å². The highest BCUT2D eigenvalue weighted by Crippen LogP contribution is 2.14. The van der Waals surface area contributed by atoms with Gasteiger partial charge in [-0.1, -0.05) is 186 Å². The van der Waals surface area contributed by atoms with Crippen LogP contribution in [-0.2, 0) is 4.79 Å². The van der Waals surface area contributed by atoms with Gasteiger partial charge in [0.15, 0.2) is 0 Å². The van der Waals surface area contributed by atoms with Crippen molar-refractivity contribution in [3.05, 3.63) is 24.3 Å². The third-order valence-corrected chi connectivity index (χ3v) is 9.29. The molecule has 0 fully saturated rings. The van der Waals surface area contributed by atoms with Gasteiger partial charge in [0.05, 0.1) is 18.8 Å². The maximum absolute atomic E-state index is 12.4. The number of amides is 1. The van der Waals surface area contributed by atoms with Gasteiger partial charge in [-0.25, -0.2) is 0 Å². The van der Waals surface area contributed by atoms with Gasteiger partial charge < -0.3 is 20.6 Å². The summed E-state index contributed by atoms with van der Waals surface area (Å²) in [5, 5.41) is 32.9. The lowest BCUT2D eigenvalue weighted by molar-refractivity contribution is -0.131. The first-order chi connectivity index (χ1) is 22.6. The molecule has 0 aliphatic carbocycles. The standard InChI is InChI=1S/C41H79NO4/c1-3-5-7-9-11-13-14-15-16-17-18-19-20-21-22-23-24-25-26-28-30-32-34-36-40(45)41(46)42-38(37-43)39(44)35-33-31-29-27-12-10-8-6-4-2/h21-22,33,35,38-40,43-45H,3-20,23-32,34,36-37H2,1-2H3,(H,42,46)/b22-21-,35-33+. The molecule has 0 aromatic heterocycles. The molecule has 0 heterocycles. The van der Waals surface area contributed by atoms with Crippen molar-refractivity contribution in [3.63, 3.8) is 0 Å². The Hall–Kier alpha value is -1.17. The normalized spacial score (nSPS) is 13.9. The van der Waals surface area contributed by atoms with E-state index in [-0.39, 0.29) is 6.61 Å². The molecule has 0 radical (unpaired) electrons. The van der Waals surface area contributed by atoms with Gasteiger partial charge >= 0.3 is 0 Å². The summed E-state index contributed by atoms with van der Waals surface area (Å²) >= 11 is 0. The molecule has 46 heavy (non-hydrogen) atoms. The van der Waals surface area contributed by atoms with Crippen LogP contribution in [0.5, 0.6) is 0 Å². The van der Waals surface area contributed by atoms with Gasteiger partial charge in [0.2, 0.25) is 5.91 Å². The van der Waals surface area contributed by atoms with Gasteiger partial charge in [0, 0.05) is 0 Å². The van der Waals surface area contributed by atoms with Gasteiger partial charge in [-0.2, -0.15) is 0 Å². The van der Waals surface area contributed by atoms with Gasteiger partial charge in [0.1, 0.15) is 6.10 Å². The third kappa shape index (κ3) is 31.4. The van der Waals surface area contributed by atoms with Crippen LogP contribution < -0.4 is 5.32 Å². The van der Waals surface area contributed by atoms with Crippen LogP contribution in [0.2, 0.25) is 0 Å². The first-order valence-electron chi connectivity index (χ1n) is 20.2. The predicted molar refractivity (Wildman–Crippen MR) is 199 cm³/mol. The summed E-state index contributed by atoms with van der Waals surface area (Å²) in [6.07, 6.45) is 43.6. The molecule has 0 aliphatic rings. The predicted octanol–water partition coefficient (Wildman–Crippen LogP) is 11.0. The maximum Gasteiger partial charge on any atom is 0.249 e. The number of nitrogens with one attached hydrogen (secondary N) is 1. The van der Waals surface area contributed by atoms with Crippen LogP contribution in [0, 0.1) is 0 Å². The van der Waals surface area contributed by atoms with Crippen LogP contribution in [0.15, 0.2) is 24.3 Å². The summed E-state index contributed by atoms with van der Waals surface area (Å²) in [6.45, 7) is 4.14. The Morgan fingerprint density at radius 2 is 0.870 bits per heavy atom. The first-order valence-corrected chi connectivity index (χ1v) is 20.2. The second-order valence-electron chi connectivity index (χ2n) is 13.8. The summed E-state index contributed by atoms with van der Waals surface area (Å²) in [6, 6.07) is -0.795. The number of carbonyl (C=O) groups is 1. The van der Waals surface area contributed by atoms with E-state index in [9.17, 15) is 20.1 Å². The summed E-state index contributed by atoms with van der Waals surface area (Å²) in [5.74, 6) is -0.509. The number of hydrogen-bond acceptors (Lipinski definition) is 4. The number of unbranched alkanes of at least 4 members (excludes halogenated alkanes) is 26. The fourth-order valence-corrected chi connectivity index (χ4v) is 6.06. The summed E-state index contributed by atoms with van der Waals surface area (Å²) in [5.41, 5.74) is 0. The van der Waals surface area contributed by atoms with Crippen LogP contribution in [-0.4, -0.2) is 46.1 Å². The van der Waals surface area contributed by atoms with Crippen LogP contribution in [0.25, 0.3) is 0 Å². The largest absolute Gasteiger partial charge is 0.394 e. The Labute approximate surface area is 286 Å². The quantitative estimate of drug-likeness (QED) is 0.0401. The highest BCUT2D eigenvalue weighted by Gasteiger charge is 2.22. The Kier molecular flexibility index (Phi) is 35.7. The maximum atomic E-state index is 12.4. The van der Waals surface area contributed by atoms with Crippen LogP contribution in [0.4, 0.5) is 0 Å². The summed E-state index contributed by atoms with van der Waals surface area (Å²) in [7, 11) is 0. The summed E-state index contributed by atoms with van der Waals surface area (Å²) in [4.78, 5) is 12.4. The molecule has 0 aromatic rings. The molecule has 0 bridgehead atoms. The van der Waals surface area contributed by atoms with Crippen molar-refractivity contribution in [1.29, 1.82) is 0 Å². The molecule has 4 N–H and O–H groups in total. The molecule has 5 nitrogen and oxygen atoms in total. The monoisotopic (exact) mass is 650 g/mol. The van der Waals surface area contributed by atoms with Crippen LogP contribution in [0.3, 0.4) is 0 Å². The van der Waals surface area contributed by atoms with E-state index in [4.69, 9.17) is 0 Å². The molecule has 0 aromatic carbocycles. The van der Waals surface area contributed by atoms with E-state index in [1.807, 2.05) is 6.08 Å². The first kappa shape index (κ1) is 44.8. The van der Waals surface area contributed by atoms with E-state index in [0.29, 0.717) is 6.42 Å². The summed E-state index contributed by atoms with van der Waals surface area (Å²) < 4.78 is 0. The molecule has 272 valence electrons. The molecule has 0 saturated carbocycles. The van der Waals surface area contributed by atoms with E-state index in [1.54, 1.807) is 6.08 Å². The number of hydrogen-bond donors (Lipinski definition) is 4. The lowest BCUT2D eigenvalue weighted by atomic mass is 10.0. The van der Waals surface area contributed by atoms with Crippen LogP contribution >= 0.6 is 0 Å². The molecule has 1 amide bonds.